The predicted molar refractivity (Wildman–Crippen MR) is 86.5 cm³/mol. The highest BCUT2D eigenvalue weighted by molar-refractivity contribution is 8.00. The minimum Gasteiger partial charge on any atom is -0.399 e. The van der Waals surface area contributed by atoms with Gasteiger partial charge in [-0.05, 0) is 45.3 Å². The number of nitrogens with zero attached hydrogens (tertiary/aromatic N) is 1. The molecule has 7 heteroatoms. The Labute approximate surface area is 126 Å². The first-order valence-electron chi connectivity index (χ1n) is 6.42. The average Bonchev–Trinajstić information content (AvgIpc) is 2.38. The van der Waals surface area contributed by atoms with Crippen LogP contribution in [0.15, 0.2) is 29.2 Å². The number of rotatable bonds is 8. The zero-order valence-electron chi connectivity index (χ0n) is 12.2. The Kier molecular flexibility index (Phi) is 6.81. The van der Waals surface area contributed by atoms with Crippen LogP contribution in [0.1, 0.15) is 6.92 Å². The van der Waals surface area contributed by atoms with E-state index >= 15 is 0 Å². The molecule has 1 aromatic rings. The van der Waals surface area contributed by atoms with Gasteiger partial charge in [0, 0.05) is 28.9 Å². The summed E-state index contributed by atoms with van der Waals surface area (Å²) in [5, 5.41) is 0. The fraction of sp³-hybridized carbons (Fsp3) is 0.538. The van der Waals surface area contributed by atoms with Gasteiger partial charge in [-0.2, -0.15) is 0 Å². The number of benzene rings is 1. The van der Waals surface area contributed by atoms with E-state index in [1.807, 2.05) is 50.2 Å². The summed E-state index contributed by atoms with van der Waals surface area (Å²) in [6.45, 7) is 2.41. The van der Waals surface area contributed by atoms with Crippen LogP contribution in [0.5, 0.6) is 0 Å². The van der Waals surface area contributed by atoms with Crippen LogP contribution in [0.3, 0.4) is 0 Å². The minimum absolute atomic E-state index is 0.113. The van der Waals surface area contributed by atoms with Crippen molar-refractivity contribution < 1.29 is 8.42 Å². The first kappa shape index (κ1) is 17.3. The number of sulfonamides is 1. The van der Waals surface area contributed by atoms with E-state index in [2.05, 4.69) is 4.72 Å². The molecule has 0 spiro atoms. The lowest BCUT2D eigenvalue weighted by molar-refractivity contribution is 0.314. The van der Waals surface area contributed by atoms with E-state index in [0.717, 1.165) is 4.90 Å². The molecule has 0 aliphatic heterocycles. The molecule has 0 aromatic heterocycles. The summed E-state index contributed by atoms with van der Waals surface area (Å²) in [5.74, 6) is 0.637. The highest BCUT2D eigenvalue weighted by atomic mass is 32.2. The van der Waals surface area contributed by atoms with Gasteiger partial charge in [0.25, 0.3) is 0 Å². The molecule has 0 bridgehead atoms. The van der Waals surface area contributed by atoms with Crippen molar-refractivity contribution in [1.29, 1.82) is 0 Å². The van der Waals surface area contributed by atoms with Crippen molar-refractivity contribution in [1.82, 2.24) is 9.62 Å². The fourth-order valence-corrected chi connectivity index (χ4v) is 3.75. The van der Waals surface area contributed by atoms with Gasteiger partial charge >= 0.3 is 0 Å². The van der Waals surface area contributed by atoms with E-state index in [4.69, 9.17) is 5.73 Å². The maximum absolute atomic E-state index is 11.8. The zero-order valence-corrected chi connectivity index (χ0v) is 13.8. The summed E-state index contributed by atoms with van der Waals surface area (Å²) in [4.78, 5) is 3.00. The number of nitrogens with one attached hydrogen (secondary N) is 1. The molecule has 0 fully saturated rings. The molecule has 1 aromatic carbocycles. The highest BCUT2D eigenvalue weighted by Gasteiger charge is 2.13. The molecule has 1 unspecified atom stereocenters. The quantitative estimate of drug-likeness (QED) is 0.557. The standard InChI is InChI=1S/C13H23N3O2S2/c1-11(16(2)3)10-15-20(17,18)9-8-19-13-6-4-12(14)5-7-13/h4-7,11,15H,8-10,14H2,1-3H3. The number of thioether (sulfide) groups is 1. The van der Waals surface area contributed by atoms with Gasteiger partial charge in [-0.3, -0.25) is 0 Å². The number of nitrogen functional groups attached to an aromatic ring is 1. The summed E-state index contributed by atoms with van der Waals surface area (Å²) in [7, 11) is 0.642. The Morgan fingerprint density at radius 2 is 1.90 bits per heavy atom. The molecule has 0 saturated heterocycles. The number of nitrogens with two attached hydrogens (primary N) is 1. The van der Waals surface area contributed by atoms with Gasteiger partial charge in [-0.25, -0.2) is 13.1 Å². The first-order chi connectivity index (χ1) is 9.30. The molecule has 0 saturated carbocycles. The summed E-state index contributed by atoms with van der Waals surface area (Å²) in [6.07, 6.45) is 0. The Hall–Kier alpha value is -0.760. The fourth-order valence-electron chi connectivity index (χ4n) is 1.34. The van der Waals surface area contributed by atoms with Gasteiger partial charge < -0.3 is 10.6 Å². The van der Waals surface area contributed by atoms with E-state index in [1.165, 1.54) is 11.8 Å². The number of hydrogen-bond donors (Lipinski definition) is 2. The minimum atomic E-state index is -3.21. The lowest BCUT2D eigenvalue weighted by Gasteiger charge is -2.19. The maximum atomic E-state index is 11.8. The average molecular weight is 317 g/mol. The molecular weight excluding hydrogens is 294 g/mol. The molecule has 0 amide bonds. The lowest BCUT2D eigenvalue weighted by atomic mass is 10.3. The van der Waals surface area contributed by atoms with E-state index in [-0.39, 0.29) is 11.8 Å². The zero-order chi connectivity index (χ0) is 15.2. The predicted octanol–water partition coefficient (Wildman–Crippen LogP) is 1.23. The van der Waals surface area contributed by atoms with Crippen molar-refractivity contribution in [2.24, 2.45) is 0 Å². The molecule has 0 aliphatic carbocycles. The van der Waals surface area contributed by atoms with E-state index in [1.54, 1.807) is 0 Å². The van der Waals surface area contributed by atoms with Crippen LogP contribution in [0.25, 0.3) is 0 Å². The molecule has 0 heterocycles. The third-order valence-corrected chi connectivity index (χ3v) is 5.60. The summed E-state index contributed by atoms with van der Waals surface area (Å²) in [6, 6.07) is 7.60. The van der Waals surface area contributed by atoms with E-state index in [0.29, 0.717) is 18.0 Å². The highest BCUT2D eigenvalue weighted by Crippen LogP contribution is 2.19. The normalized spacial score (nSPS) is 13.6. The van der Waals surface area contributed by atoms with Crippen LogP contribution in [0.2, 0.25) is 0 Å². The van der Waals surface area contributed by atoms with Crippen LogP contribution in [0, 0.1) is 0 Å². The van der Waals surface area contributed by atoms with Crippen molar-refractivity contribution in [2.45, 2.75) is 17.9 Å². The number of hydrogen-bond acceptors (Lipinski definition) is 5. The molecule has 114 valence electrons. The Morgan fingerprint density at radius 3 is 2.45 bits per heavy atom. The molecule has 5 nitrogen and oxygen atoms in total. The molecule has 0 aliphatic rings. The van der Waals surface area contributed by atoms with Crippen LogP contribution in [-0.4, -0.2) is 51.5 Å². The SMILES string of the molecule is CC(CNS(=O)(=O)CCSc1ccc(N)cc1)N(C)C. The Morgan fingerprint density at radius 1 is 1.30 bits per heavy atom. The summed E-state index contributed by atoms with van der Waals surface area (Å²) in [5.41, 5.74) is 6.31. The smallest absolute Gasteiger partial charge is 0.212 e. The second kappa shape index (κ2) is 7.87. The summed E-state index contributed by atoms with van der Waals surface area (Å²) < 4.78 is 26.3. The van der Waals surface area contributed by atoms with E-state index < -0.39 is 10.0 Å². The van der Waals surface area contributed by atoms with Crippen molar-refractivity contribution in [3.05, 3.63) is 24.3 Å². The van der Waals surface area contributed by atoms with Gasteiger partial charge in [0.15, 0.2) is 0 Å². The molecule has 1 rings (SSSR count). The molecule has 20 heavy (non-hydrogen) atoms. The third kappa shape index (κ3) is 6.60. The van der Waals surface area contributed by atoms with Gasteiger partial charge in [0.2, 0.25) is 10.0 Å². The number of likely N-dealkylation sites (N-methyl/N-ethyl adjacent to an activating group) is 1. The van der Waals surface area contributed by atoms with E-state index in [9.17, 15) is 8.42 Å². The van der Waals surface area contributed by atoms with Crippen molar-refractivity contribution in [3.8, 4) is 0 Å². The second-order valence-corrected chi connectivity index (χ2v) is 7.99. The Balaban J connectivity index is 2.34. The molecule has 1 atom stereocenters. The molecular formula is C13H23N3O2S2. The first-order valence-corrected chi connectivity index (χ1v) is 9.06. The van der Waals surface area contributed by atoms with Gasteiger partial charge in [-0.1, -0.05) is 0 Å². The largest absolute Gasteiger partial charge is 0.399 e. The van der Waals surface area contributed by atoms with Gasteiger partial charge in [0.05, 0.1) is 5.75 Å². The van der Waals surface area contributed by atoms with Crippen molar-refractivity contribution in [2.75, 3.05) is 37.9 Å². The van der Waals surface area contributed by atoms with Crippen molar-refractivity contribution in [3.63, 3.8) is 0 Å². The maximum Gasteiger partial charge on any atom is 0.212 e. The third-order valence-electron chi connectivity index (χ3n) is 2.98. The second-order valence-electron chi connectivity index (χ2n) is 4.90. The monoisotopic (exact) mass is 317 g/mol. The summed E-state index contributed by atoms with van der Waals surface area (Å²) >= 11 is 1.51. The van der Waals surface area contributed by atoms with Gasteiger partial charge in [0.1, 0.15) is 0 Å². The molecule has 0 radical (unpaired) electrons. The van der Waals surface area contributed by atoms with Crippen LogP contribution in [0.4, 0.5) is 5.69 Å². The van der Waals surface area contributed by atoms with Crippen molar-refractivity contribution >= 4 is 27.5 Å². The van der Waals surface area contributed by atoms with Crippen LogP contribution >= 0.6 is 11.8 Å². The topological polar surface area (TPSA) is 75.4 Å². The lowest BCUT2D eigenvalue weighted by Crippen LogP contribution is -2.39. The number of anilines is 1. The van der Waals surface area contributed by atoms with Crippen LogP contribution in [-0.2, 0) is 10.0 Å². The Bertz CT molecular complexity index is 501. The van der Waals surface area contributed by atoms with Crippen LogP contribution < -0.4 is 10.5 Å². The molecule has 3 N–H and O–H groups in total. The van der Waals surface area contributed by atoms with Gasteiger partial charge in [-0.15, -0.1) is 11.8 Å².